The van der Waals surface area contributed by atoms with Gasteiger partial charge in [0, 0.05) is 24.9 Å². The van der Waals surface area contributed by atoms with E-state index in [2.05, 4.69) is 41.5 Å². The van der Waals surface area contributed by atoms with Crippen LogP contribution in [0, 0.1) is 5.92 Å². The smallest absolute Gasteiger partial charge is 0.0454 e. The number of aliphatic hydroxyl groups excluding tert-OH is 1. The number of aromatic nitrogens is 1. The van der Waals surface area contributed by atoms with Crippen molar-refractivity contribution in [2.75, 3.05) is 13.2 Å². The molecule has 0 saturated heterocycles. The van der Waals surface area contributed by atoms with Gasteiger partial charge in [-0.15, -0.1) is 0 Å². The standard InChI is InChI=1S/C15H22N2O/c1-2-12(6-8-18)10-16-11-13-3-4-15-14(9-13)5-7-17-15/h3-5,7,9,12,16-18H,2,6,8,10-11H2,1H3. The average Bonchev–Trinajstić information content (AvgIpc) is 2.85. The molecule has 0 aliphatic rings. The van der Waals surface area contributed by atoms with E-state index < -0.39 is 0 Å². The Balaban J connectivity index is 1.85. The van der Waals surface area contributed by atoms with Crippen LogP contribution in [-0.2, 0) is 6.54 Å². The number of nitrogens with one attached hydrogen (secondary N) is 2. The largest absolute Gasteiger partial charge is 0.396 e. The van der Waals surface area contributed by atoms with Gasteiger partial charge in [-0.2, -0.15) is 0 Å². The fourth-order valence-electron chi connectivity index (χ4n) is 2.27. The van der Waals surface area contributed by atoms with E-state index in [4.69, 9.17) is 5.11 Å². The second-order valence-corrected chi connectivity index (χ2v) is 4.82. The van der Waals surface area contributed by atoms with Gasteiger partial charge in [-0.3, -0.25) is 0 Å². The van der Waals surface area contributed by atoms with E-state index >= 15 is 0 Å². The second kappa shape index (κ2) is 6.57. The highest BCUT2D eigenvalue weighted by Crippen LogP contribution is 2.14. The summed E-state index contributed by atoms with van der Waals surface area (Å²) in [5.74, 6) is 0.575. The van der Waals surface area contributed by atoms with Crippen molar-refractivity contribution in [1.29, 1.82) is 0 Å². The van der Waals surface area contributed by atoms with Gasteiger partial charge in [0.05, 0.1) is 0 Å². The van der Waals surface area contributed by atoms with Crippen molar-refractivity contribution in [3.8, 4) is 0 Å². The van der Waals surface area contributed by atoms with Gasteiger partial charge >= 0.3 is 0 Å². The molecule has 98 valence electrons. The first-order valence-corrected chi connectivity index (χ1v) is 6.71. The zero-order valence-corrected chi connectivity index (χ0v) is 10.9. The summed E-state index contributed by atoms with van der Waals surface area (Å²) in [7, 11) is 0. The Bertz CT molecular complexity index is 478. The van der Waals surface area contributed by atoms with Crippen LogP contribution in [0.2, 0.25) is 0 Å². The topological polar surface area (TPSA) is 48.0 Å². The van der Waals surface area contributed by atoms with Crippen molar-refractivity contribution >= 4 is 10.9 Å². The molecule has 0 radical (unpaired) electrons. The molecule has 0 saturated carbocycles. The highest BCUT2D eigenvalue weighted by molar-refractivity contribution is 5.79. The number of aliphatic hydroxyl groups is 1. The van der Waals surface area contributed by atoms with Gasteiger partial charge in [0.25, 0.3) is 0 Å². The predicted molar refractivity (Wildman–Crippen MR) is 75.5 cm³/mol. The van der Waals surface area contributed by atoms with Crippen LogP contribution in [-0.4, -0.2) is 23.2 Å². The minimum Gasteiger partial charge on any atom is -0.396 e. The molecule has 3 N–H and O–H groups in total. The summed E-state index contributed by atoms with van der Waals surface area (Å²) in [6, 6.07) is 8.58. The summed E-state index contributed by atoms with van der Waals surface area (Å²) < 4.78 is 0. The van der Waals surface area contributed by atoms with E-state index in [9.17, 15) is 0 Å². The van der Waals surface area contributed by atoms with Crippen molar-refractivity contribution in [2.24, 2.45) is 5.92 Å². The molecule has 1 atom stereocenters. The number of rotatable bonds is 7. The van der Waals surface area contributed by atoms with E-state index in [1.807, 2.05) is 6.20 Å². The van der Waals surface area contributed by atoms with Gasteiger partial charge in [-0.25, -0.2) is 0 Å². The summed E-state index contributed by atoms with van der Waals surface area (Å²) in [6.07, 6.45) is 3.97. The summed E-state index contributed by atoms with van der Waals surface area (Å²) >= 11 is 0. The Hall–Kier alpha value is -1.32. The minimum atomic E-state index is 0.287. The van der Waals surface area contributed by atoms with Gasteiger partial charge in [0.15, 0.2) is 0 Å². The maximum atomic E-state index is 8.95. The second-order valence-electron chi connectivity index (χ2n) is 4.82. The molecule has 18 heavy (non-hydrogen) atoms. The molecule has 0 fully saturated rings. The molecule has 0 aliphatic carbocycles. The van der Waals surface area contributed by atoms with Gasteiger partial charge in [-0.05, 0) is 48.0 Å². The Morgan fingerprint density at radius 1 is 1.33 bits per heavy atom. The highest BCUT2D eigenvalue weighted by atomic mass is 16.3. The Labute approximate surface area is 108 Å². The van der Waals surface area contributed by atoms with Crippen LogP contribution in [0.3, 0.4) is 0 Å². The molecule has 0 spiro atoms. The maximum absolute atomic E-state index is 8.95. The van der Waals surface area contributed by atoms with Crippen LogP contribution in [0.15, 0.2) is 30.5 Å². The minimum absolute atomic E-state index is 0.287. The van der Waals surface area contributed by atoms with Crippen molar-refractivity contribution in [1.82, 2.24) is 10.3 Å². The first kappa shape index (κ1) is 13.1. The molecule has 1 unspecified atom stereocenters. The molecule has 1 aromatic heterocycles. The Kier molecular flexibility index (Phi) is 4.79. The summed E-state index contributed by atoms with van der Waals surface area (Å²) in [4.78, 5) is 3.20. The molecule has 2 aromatic rings. The zero-order valence-electron chi connectivity index (χ0n) is 10.9. The Morgan fingerprint density at radius 3 is 3.00 bits per heavy atom. The lowest BCUT2D eigenvalue weighted by atomic mass is 10.0. The lowest BCUT2D eigenvalue weighted by molar-refractivity contribution is 0.251. The van der Waals surface area contributed by atoms with Gasteiger partial charge in [-0.1, -0.05) is 19.4 Å². The van der Waals surface area contributed by atoms with E-state index in [0.29, 0.717) is 5.92 Å². The van der Waals surface area contributed by atoms with Crippen LogP contribution in [0.4, 0.5) is 0 Å². The molecule has 2 rings (SSSR count). The number of aromatic amines is 1. The lowest BCUT2D eigenvalue weighted by Gasteiger charge is -2.14. The summed E-state index contributed by atoms with van der Waals surface area (Å²) in [5.41, 5.74) is 2.49. The molecule has 0 bridgehead atoms. The average molecular weight is 246 g/mol. The predicted octanol–water partition coefficient (Wildman–Crippen LogP) is 2.67. The van der Waals surface area contributed by atoms with E-state index in [0.717, 1.165) is 25.9 Å². The number of hydrogen-bond donors (Lipinski definition) is 3. The molecule has 3 nitrogen and oxygen atoms in total. The van der Waals surface area contributed by atoms with E-state index in [1.54, 1.807) is 0 Å². The molecular formula is C15H22N2O. The van der Waals surface area contributed by atoms with Gasteiger partial charge in [0.2, 0.25) is 0 Å². The normalized spacial score (nSPS) is 13.0. The van der Waals surface area contributed by atoms with Gasteiger partial charge in [0.1, 0.15) is 0 Å². The number of fused-ring (bicyclic) bond motifs is 1. The fourth-order valence-corrected chi connectivity index (χ4v) is 2.27. The van der Waals surface area contributed by atoms with Crippen molar-refractivity contribution < 1.29 is 5.11 Å². The molecule has 0 aliphatic heterocycles. The van der Waals surface area contributed by atoms with Crippen LogP contribution in [0.1, 0.15) is 25.3 Å². The summed E-state index contributed by atoms with van der Waals surface area (Å²) in [6.45, 7) is 4.33. The molecule has 1 aromatic carbocycles. The molecule has 1 heterocycles. The van der Waals surface area contributed by atoms with Crippen molar-refractivity contribution in [3.05, 3.63) is 36.0 Å². The molecular weight excluding hydrogens is 224 g/mol. The molecule has 0 amide bonds. The number of benzene rings is 1. The fraction of sp³-hybridized carbons (Fsp3) is 0.467. The molecule has 3 heteroatoms. The summed E-state index contributed by atoms with van der Waals surface area (Å²) in [5, 5.41) is 13.7. The third kappa shape index (κ3) is 3.34. The quantitative estimate of drug-likeness (QED) is 0.703. The van der Waals surface area contributed by atoms with Gasteiger partial charge < -0.3 is 15.4 Å². The van der Waals surface area contributed by atoms with Crippen molar-refractivity contribution in [2.45, 2.75) is 26.3 Å². The SMILES string of the molecule is CCC(CCO)CNCc1ccc2[nH]ccc2c1. The third-order valence-corrected chi connectivity index (χ3v) is 3.49. The van der Waals surface area contributed by atoms with E-state index in [1.165, 1.54) is 16.5 Å². The van der Waals surface area contributed by atoms with Crippen LogP contribution >= 0.6 is 0 Å². The van der Waals surface area contributed by atoms with Crippen LogP contribution in [0.5, 0.6) is 0 Å². The number of hydrogen-bond acceptors (Lipinski definition) is 2. The first-order valence-electron chi connectivity index (χ1n) is 6.71. The van der Waals surface area contributed by atoms with Crippen LogP contribution in [0.25, 0.3) is 10.9 Å². The maximum Gasteiger partial charge on any atom is 0.0454 e. The highest BCUT2D eigenvalue weighted by Gasteiger charge is 2.05. The van der Waals surface area contributed by atoms with Crippen molar-refractivity contribution in [3.63, 3.8) is 0 Å². The monoisotopic (exact) mass is 246 g/mol. The number of H-pyrrole nitrogens is 1. The zero-order chi connectivity index (χ0) is 12.8. The first-order chi connectivity index (χ1) is 8.83. The van der Waals surface area contributed by atoms with Crippen LogP contribution < -0.4 is 5.32 Å². The Morgan fingerprint density at radius 2 is 2.22 bits per heavy atom. The van der Waals surface area contributed by atoms with E-state index in [-0.39, 0.29) is 6.61 Å². The third-order valence-electron chi connectivity index (χ3n) is 3.49. The lowest BCUT2D eigenvalue weighted by Crippen LogP contribution is -2.22.